The maximum atomic E-state index is 6.41. The van der Waals surface area contributed by atoms with Crippen molar-refractivity contribution in [2.45, 2.75) is 6.04 Å². The molecule has 1 fully saturated rings. The molecule has 7 heteroatoms. The van der Waals surface area contributed by atoms with Crippen LogP contribution in [0, 0.1) is 0 Å². The molecule has 7 rings (SSSR count). The predicted molar refractivity (Wildman–Crippen MR) is 138 cm³/mol. The van der Waals surface area contributed by atoms with Crippen molar-refractivity contribution in [3.05, 3.63) is 101 Å². The fraction of sp³-hybridized carbons (Fsp3) is 0.179. The fourth-order valence-electron chi connectivity index (χ4n) is 5.76. The average Bonchev–Trinajstić information content (AvgIpc) is 3.48. The normalized spacial score (nSPS) is 16.0. The summed E-state index contributed by atoms with van der Waals surface area (Å²) in [6.45, 7) is 3.83. The zero-order valence-electron chi connectivity index (χ0n) is 19.1. The predicted octanol–water partition coefficient (Wildman–Crippen LogP) is 3.94. The highest BCUT2D eigenvalue weighted by Gasteiger charge is 2.38. The van der Waals surface area contributed by atoms with Gasteiger partial charge in [0.1, 0.15) is 11.9 Å². The lowest BCUT2D eigenvalue weighted by Gasteiger charge is -2.36. The van der Waals surface area contributed by atoms with Crippen LogP contribution in [-0.4, -0.2) is 45.9 Å². The summed E-state index contributed by atoms with van der Waals surface area (Å²) >= 11 is 6.41. The molecule has 5 aromatic rings. The molecule has 0 unspecified atom stereocenters. The van der Waals surface area contributed by atoms with Crippen molar-refractivity contribution < 1.29 is 4.90 Å². The number of piperazine rings is 1. The van der Waals surface area contributed by atoms with E-state index in [9.17, 15) is 0 Å². The molecule has 6 nitrogen and oxygen atoms in total. The monoisotopic (exact) mass is 479 g/mol. The second kappa shape index (κ2) is 8.18. The minimum absolute atomic E-state index is 0.249. The number of hydrogen-bond acceptors (Lipinski definition) is 4. The lowest BCUT2D eigenvalue weighted by molar-refractivity contribution is -0.925. The first-order valence-corrected chi connectivity index (χ1v) is 12.4. The number of rotatable bonds is 3. The van der Waals surface area contributed by atoms with Gasteiger partial charge in [0.15, 0.2) is 5.65 Å². The summed E-state index contributed by atoms with van der Waals surface area (Å²) in [5.41, 5.74) is 7.32. The molecule has 1 N–H and O–H groups in total. The van der Waals surface area contributed by atoms with Crippen molar-refractivity contribution in [1.29, 1.82) is 0 Å². The molecule has 0 bridgehead atoms. The van der Waals surface area contributed by atoms with Crippen LogP contribution in [0.1, 0.15) is 17.2 Å². The van der Waals surface area contributed by atoms with Gasteiger partial charge in [-0.05, 0) is 34.9 Å². The Morgan fingerprint density at radius 3 is 2.09 bits per heavy atom. The van der Waals surface area contributed by atoms with Crippen molar-refractivity contribution in [2.24, 2.45) is 0 Å². The number of nitrogens with one attached hydrogen (secondary N) is 1. The molecule has 172 valence electrons. The number of benzene rings is 3. The van der Waals surface area contributed by atoms with Crippen LogP contribution >= 0.6 is 11.6 Å². The number of hydrogen-bond donors (Lipinski definition) is 1. The van der Waals surface area contributed by atoms with E-state index in [0.29, 0.717) is 6.04 Å². The van der Waals surface area contributed by atoms with Crippen molar-refractivity contribution in [2.75, 3.05) is 31.1 Å². The van der Waals surface area contributed by atoms with E-state index in [2.05, 4.69) is 68.5 Å². The van der Waals surface area contributed by atoms with Crippen LogP contribution in [0.25, 0.3) is 27.8 Å². The maximum absolute atomic E-state index is 6.41. The third kappa shape index (κ3) is 3.32. The summed E-state index contributed by atoms with van der Waals surface area (Å²) in [6.07, 6.45) is 1.86. The van der Waals surface area contributed by atoms with E-state index in [-0.39, 0.29) is 5.28 Å². The molecule has 1 aliphatic heterocycles. The quantitative estimate of drug-likeness (QED) is 0.398. The zero-order chi connectivity index (χ0) is 23.4. The van der Waals surface area contributed by atoms with Gasteiger partial charge < -0.3 is 9.80 Å². The Kier molecular flexibility index (Phi) is 4.82. The zero-order valence-corrected chi connectivity index (χ0v) is 19.9. The van der Waals surface area contributed by atoms with Crippen molar-refractivity contribution in [1.82, 2.24) is 19.7 Å². The number of quaternary nitrogens is 1. The standard InChI is InChI=1S/C28H23ClN6/c29-28-31-26(24-18-30-35(27(24)32-28)19-8-2-1-3-9-19)34-16-14-33(15-17-34)25-22-12-6-4-10-20(22)21-11-5-7-13-23(21)25/h1-13,18,25H,14-17H2/p+1. The van der Waals surface area contributed by atoms with Crippen molar-refractivity contribution in [3.8, 4) is 16.8 Å². The minimum Gasteiger partial charge on any atom is -0.345 e. The lowest BCUT2D eigenvalue weighted by atomic mass is 10.0. The molecule has 0 amide bonds. The Morgan fingerprint density at radius 1 is 0.771 bits per heavy atom. The molecule has 35 heavy (non-hydrogen) atoms. The Morgan fingerprint density at radius 2 is 1.40 bits per heavy atom. The summed E-state index contributed by atoms with van der Waals surface area (Å²) in [5.74, 6) is 0.869. The van der Waals surface area contributed by atoms with E-state index in [1.54, 1.807) is 4.90 Å². The van der Waals surface area contributed by atoms with Gasteiger partial charge in [0.25, 0.3) is 0 Å². The van der Waals surface area contributed by atoms with Crippen LogP contribution in [0.15, 0.2) is 85.1 Å². The molecular formula is C28H24ClN6+. The Labute approximate surface area is 208 Å². The molecule has 1 aliphatic carbocycles. The van der Waals surface area contributed by atoms with Gasteiger partial charge in [-0.15, -0.1) is 0 Å². The molecule has 0 spiro atoms. The average molecular weight is 480 g/mol. The Hall–Kier alpha value is -3.74. The van der Waals surface area contributed by atoms with E-state index >= 15 is 0 Å². The van der Waals surface area contributed by atoms with Gasteiger partial charge in [0.05, 0.1) is 43.4 Å². The Balaban J connectivity index is 1.20. The molecular weight excluding hydrogens is 456 g/mol. The molecule has 0 radical (unpaired) electrons. The smallest absolute Gasteiger partial charge is 0.226 e. The number of anilines is 1. The molecule has 2 aliphatic rings. The number of para-hydroxylation sites is 1. The van der Waals surface area contributed by atoms with Crippen molar-refractivity contribution in [3.63, 3.8) is 0 Å². The highest BCUT2D eigenvalue weighted by Crippen LogP contribution is 2.41. The topological polar surface area (TPSA) is 51.3 Å². The molecule has 3 heterocycles. The second-order valence-electron chi connectivity index (χ2n) is 9.20. The number of fused-ring (bicyclic) bond motifs is 4. The number of halogens is 1. The summed E-state index contributed by atoms with van der Waals surface area (Å²) < 4.78 is 1.83. The van der Waals surface area contributed by atoms with E-state index in [4.69, 9.17) is 11.6 Å². The molecule has 2 aromatic heterocycles. The second-order valence-corrected chi connectivity index (χ2v) is 9.54. The Bertz CT molecular complexity index is 1490. The van der Waals surface area contributed by atoms with Crippen molar-refractivity contribution >= 4 is 28.5 Å². The van der Waals surface area contributed by atoms with Gasteiger partial charge in [0, 0.05) is 11.1 Å². The first-order valence-electron chi connectivity index (χ1n) is 12.0. The SMILES string of the molecule is Clc1nc(N2CC[NH+](C3c4ccccc4-c4ccccc43)CC2)c2cnn(-c3ccccc3)c2n1. The van der Waals surface area contributed by atoms with Gasteiger partial charge in [-0.1, -0.05) is 66.7 Å². The van der Waals surface area contributed by atoms with E-state index < -0.39 is 0 Å². The first kappa shape index (κ1) is 20.6. The molecule has 3 aromatic carbocycles. The molecule has 1 saturated heterocycles. The fourth-order valence-corrected chi connectivity index (χ4v) is 5.92. The summed E-state index contributed by atoms with van der Waals surface area (Å²) in [6, 6.07) is 28.1. The summed E-state index contributed by atoms with van der Waals surface area (Å²) in [7, 11) is 0. The van der Waals surface area contributed by atoms with Crippen LogP contribution in [0.4, 0.5) is 5.82 Å². The summed E-state index contributed by atoms with van der Waals surface area (Å²) in [5, 5.41) is 5.79. The van der Waals surface area contributed by atoms with Gasteiger partial charge >= 0.3 is 0 Å². The highest BCUT2D eigenvalue weighted by molar-refractivity contribution is 6.28. The van der Waals surface area contributed by atoms with E-state index in [1.807, 2.05) is 41.2 Å². The van der Waals surface area contributed by atoms with Crippen LogP contribution in [0.3, 0.4) is 0 Å². The van der Waals surface area contributed by atoms with E-state index in [1.165, 1.54) is 22.3 Å². The lowest BCUT2D eigenvalue weighted by Crippen LogP contribution is -3.15. The largest absolute Gasteiger partial charge is 0.345 e. The van der Waals surface area contributed by atoms with Crippen LogP contribution < -0.4 is 9.80 Å². The maximum Gasteiger partial charge on any atom is 0.226 e. The van der Waals surface area contributed by atoms with E-state index in [0.717, 1.165) is 48.7 Å². The van der Waals surface area contributed by atoms with Gasteiger partial charge in [-0.25, -0.2) is 4.68 Å². The highest BCUT2D eigenvalue weighted by atomic mass is 35.5. The summed E-state index contributed by atoms with van der Waals surface area (Å²) in [4.78, 5) is 13.1. The van der Waals surface area contributed by atoms with Gasteiger partial charge in [-0.3, -0.25) is 0 Å². The van der Waals surface area contributed by atoms with Crippen LogP contribution in [0.2, 0.25) is 5.28 Å². The van der Waals surface area contributed by atoms with Gasteiger partial charge in [-0.2, -0.15) is 15.1 Å². The molecule has 0 atom stereocenters. The third-order valence-corrected chi connectivity index (χ3v) is 7.50. The van der Waals surface area contributed by atoms with Crippen LogP contribution in [-0.2, 0) is 0 Å². The number of aromatic nitrogens is 4. The van der Waals surface area contributed by atoms with Gasteiger partial charge in [0.2, 0.25) is 5.28 Å². The number of nitrogens with zero attached hydrogens (tertiary/aromatic N) is 5. The minimum atomic E-state index is 0.249. The van der Waals surface area contributed by atoms with Crippen LogP contribution in [0.5, 0.6) is 0 Å². The molecule has 0 saturated carbocycles. The third-order valence-electron chi connectivity index (χ3n) is 7.33. The first-order chi connectivity index (χ1) is 17.3.